The third-order valence-corrected chi connectivity index (χ3v) is 13.4. The third-order valence-electron chi connectivity index (χ3n) is 13.4. The highest BCUT2D eigenvalue weighted by molar-refractivity contribution is 5.71. The van der Waals surface area contributed by atoms with E-state index >= 15 is 0 Å². The zero-order valence-electron chi connectivity index (χ0n) is 47.7. The molecular formula is C66H116O6. The van der Waals surface area contributed by atoms with Crippen molar-refractivity contribution in [3.8, 4) is 0 Å². The van der Waals surface area contributed by atoms with Gasteiger partial charge in [-0.15, -0.1) is 0 Å². The lowest BCUT2D eigenvalue weighted by Crippen LogP contribution is -2.30. The van der Waals surface area contributed by atoms with Gasteiger partial charge in [0.15, 0.2) is 6.10 Å². The normalized spacial score (nSPS) is 12.5. The molecule has 6 nitrogen and oxygen atoms in total. The van der Waals surface area contributed by atoms with Gasteiger partial charge in [-0.2, -0.15) is 0 Å². The van der Waals surface area contributed by atoms with Crippen LogP contribution in [0.25, 0.3) is 0 Å². The number of carbonyl (C=O) groups excluding carboxylic acids is 3. The first-order chi connectivity index (χ1) is 35.5. The van der Waals surface area contributed by atoms with Crippen LogP contribution >= 0.6 is 0 Å². The van der Waals surface area contributed by atoms with Gasteiger partial charge < -0.3 is 14.2 Å². The summed E-state index contributed by atoms with van der Waals surface area (Å²) in [5.74, 6) is -0.921. The van der Waals surface area contributed by atoms with Crippen LogP contribution in [0.1, 0.15) is 310 Å². The molecule has 0 bridgehead atoms. The van der Waals surface area contributed by atoms with Crippen molar-refractivity contribution >= 4 is 17.9 Å². The lowest BCUT2D eigenvalue weighted by Gasteiger charge is -2.18. The number of hydrogen-bond donors (Lipinski definition) is 0. The van der Waals surface area contributed by atoms with E-state index in [1.165, 1.54) is 180 Å². The largest absolute Gasteiger partial charge is 0.462 e. The maximum atomic E-state index is 12.8. The molecule has 0 aromatic rings. The van der Waals surface area contributed by atoms with E-state index in [0.29, 0.717) is 19.3 Å². The second-order valence-corrected chi connectivity index (χ2v) is 20.6. The van der Waals surface area contributed by atoms with E-state index in [9.17, 15) is 14.4 Å². The van der Waals surface area contributed by atoms with Crippen LogP contribution in [0.4, 0.5) is 0 Å². The van der Waals surface area contributed by atoms with Crippen molar-refractivity contribution in [2.45, 2.75) is 316 Å². The summed E-state index contributed by atoms with van der Waals surface area (Å²) in [7, 11) is 0. The minimum absolute atomic E-state index is 0.0889. The number of hydrogen-bond acceptors (Lipinski definition) is 6. The van der Waals surface area contributed by atoms with Gasteiger partial charge in [0.25, 0.3) is 0 Å². The van der Waals surface area contributed by atoms with Crippen LogP contribution in [0.3, 0.4) is 0 Å². The monoisotopic (exact) mass is 1000 g/mol. The van der Waals surface area contributed by atoms with Crippen LogP contribution in [0.15, 0.2) is 72.9 Å². The number of carbonyl (C=O) groups is 3. The molecule has 0 aliphatic carbocycles. The molecule has 0 fully saturated rings. The Morgan fingerprint density at radius 3 is 0.875 bits per heavy atom. The van der Waals surface area contributed by atoms with Crippen LogP contribution in [0, 0.1) is 0 Å². The van der Waals surface area contributed by atoms with E-state index in [4.69, 9.17) is 14.2 Å². The van der Waals surface area contributed by atoms with Gasteiger partial charge in [0, 0.05) is 19.3 Å². The smallest absolute Gasteiger partial charge is 0.306 e. The molecule has 0 radical (unpaired) electrons. The predicted octanol–water partition coefficient (Wildman–Crippen LogP) is 20.9. The number of allylic oxidation sites excluding steroid dienone is 12. The minimum atomic E-state index is -0.794. The standard InChI is InChI=1S/C66H116O6/c1-4-7-10-13-16-19-22-24-26-27-28-29-30-31-32-33-34-35-36-37-38-39-41-42-44-47-50-53-56-59-65(68)71-62-63(61-70-64(67)58-55-52-49-46-21-18-15-12-9-6-3)72-66(69)60-57-54-51-48-45-43-40-25-23-20-17-14-11-8-5-2/h8,11,17,20,22,24-25,27-28,40,45,48,63H,4-7,9-10,12-16,18-19,21,23,26,29-39,41-44,46-47,49-62H2,1-3H3/b11-8-,20-17-,24-22-,28-27-,40-25-,48-45-. The predicted molar refractivity (Wildman–Crippen MR) is 311 cm³/mol. The van der Waals surface area contributed by atoms with Crippen molar-refractivity contribution in [3.63, 3.8) is 0 Å². The molecule has 0 amide bonds. The molecule has 0 heterocycles. The van der Waals surface area contributed by atoms with Crippen molar-refractivity contribution in [1.82, 2.24) is 0 Å². The Kier molecular flexibility index (Phi) is 57.8. The molecule has 1 atom stereocenters. The number of rotatable bonds is 56. The molecule has 0 saturated carbocycles. The Morgan fingerprint density at radius 2 is 0.542 bits per heavy atom. The fourth-order valence-corrected chi connectivity index (χ4v) is 8.82. The van der Waals surface area contributed by atoms with E-state index < -0.39 is 6.10 Å². The van der Waals surface area contributed by atoms with Gasteiger partial charge in [0.1, 0.15) is 13.2 Å². The van der Waals surface area contributed by atoms with Crippen LogP contribution in [0.2, 0.25) is 0 Å². The van der Waals surface area contributed by atoms with Crippen LogP contribution in [-0.2, 0) is 28.6 Å². The molecule has 0 aliphatic rings. The molecule has 0 aromatic carbocycles. The van der Waals surface area contributed by atoms with Crippen molar-refractivity contribution in [3.05, 3.63) is 72.9 Å². The SMILES string of the molecule is CC/C=C\C/C=C\C/C=C\C/C=C\CCCCC(=O)OC(COC(=O)CCCCCCCCCCCC)COC(=O)CCCCCCCCCCCCCCCCCCC/C=C\C/C=C\CCCCCCC. The van der Waals surface area contributed by atoms with E-state index in [1.54, 1.807) is 0 Å². The highest BCUT2D eigenvalue weighted by atomic mass is 16.6. The summed E-state index contributed by atoms with van der Waals surface area (Å²) in [4.78, 5) is 38.1. The highest BCUT2D eigenvalue weighted by Gasteiger charge is 2.19. The molecule has 0 saturated heterocycles. The average Bonchev–Trinajstić information content (AvgIpc) is 3.38. The fraction of sp³-hybridized carbons (Fsp3) is 0.773. The second-order valence-electron chi connectivity index (χ2n) is 20.6. The molecule has 1 unspecified atom stereocenters. The number of esters is 3. The van der Waals surface area contributed by atoms with Gasteiger partial charge in [-0.05, 0) is 89.9 Å². The summed E-state index contributed by atoms with van der Waals surface area (Å²) in [6.45, 7) is 6.49. The maximum Gasteiger partial charge on any atom is 0.306 e. The summed E-state index contributed by atoms with van der Waals surface area (Å²) in [5, 5.41) is 0. The zero-order chi connectivity index (χ0) is 52.2. The number of ether oxygens (including phenoxy) is 3. The number of unbranched alkanes of at least 4 members (excludes halogenated alkanes) is 33. The van der Waals surface area contributed by atoms with Crippen molar-refractivity contribution < 1.29 is 28.6 Å². The van der Waals surface area contributed by atoms with Crippen LogP contribution in [-0.4, -0.2) is 37.2 Å². The Balaban J connectivity index is 4.16. The molecule has 0 N–H and O–H groups in total. The zero-order valence-corrected chi connectivity index (χ0v) is 47.7. The Hall–Kier alpha value is -3.15. The highest BCUT2D eigenvalue weighted by Crippen LogP contribution is 2.17. The lowest BCUT2D eigenvalue weighted by atomic mass is 10.0. The first-order valence-corrected chi connectivity index (χ1v) is 30.9. The summed E-state index contributed by atoms with van der Waals surface area (Å²) >= 11 is 0. The van der Waals surface area contributed by atoms with Gasteiger partial charge in [-0.1, -0.05) is 273 Å². The molecule has 416 valence electrons. The fourth-order valence-electron chi connectivity index (χ4n) is 8.82. The minimum Gasteiger partial charge on any atom is -0.462 e. The summed E-state index contributed by atoms with van der Waals surface area (Å²) < 4.78 is 16.8. The van der Waals surface area contributed by atoms with Crippen LogP contribution in [0.5, 0.6) is 0 Å². The van der Waals surface area contributed by atoms with Gasteiger partial charge >= 0.3 is 17.9 Å². The van der Waals surface area contributed by atoms with E-state index in [-0.39, 0.29) is 37.5 Å². The van der Waals surface area contributed by atoms with E-state index in [0.717, 1.165) is 83.5 Å². The van der Waals surface area contributed by atoms with Gasteiger partial charge in [0.05, 0.1) is 0 Å². The second kappa shape index (κ2) is 60.4. The Bertz CT molecular complexity index is 1340. The third kappa shape index (κ3) is 57.7. The maximum absolute atomic E-state index is 12.8. The van der Waals surface area contributed by atoms with E-state index in [2.05, 4.69) is 93.7 Å². The Morgan fingerprint density at radius 1 is 0.292 bits per heavy atom. The first-order valence-electron chi connectivity index (χ1n) is 30.9. The molecule has 0 rings (SSSR count). The molecule has 6 heteroatoms. The molecule has 0 spiro atoms. The van der Waals surface area contributed by atoms with Crippen LogP contribution < -0.4 is 0 Å². The van der Waals surface area contributed by atoms with Crippen molar-refractivity contribution in [2.24, 2.45) is 0 Å². The van der Waals surface area contributed by atoms with E-state index in [1.807, 2.05) is 0 Å². The lowest BCUT2D eigenvalue weighted by molar-refractivity contribution is -0.167. The van der Waals surface area contributed by atoms with Gasteiger partial charge in [0.2, 0.25) is 0 Å². The van der Waals surface area contributed by atoms with Gasteiger partial charge in [-0.3, -0.25) is 14.4 Å². The van der Waals surface area contributed by atoms with Gasteiger partial charge in [-0.25, -0.2) is 0 Å². The quantitative estimate of drug-likeness (QED) is 0.0261. The molecule has 0 aliphatic heterocycles. The molecule has 0 aromatic heterocycles. The average molecular weight is 1010 g/mol. The summed E-state index contributed by atoms with van der Waals surface area (Å²) in [6.07, 6.45) is 77.9. The van der Waals surface area contributed by atoms with Crippen molar-refractivity contribution in [2.75, 3.05) is 13.2 Å². The molecule has 72 heavy (non-hydrogen) atoms. The summed E-state index contributed by atoms with van der Waals surface area (Å²) in [5.41, 5.74) is 0. The molecular weight excluding hydrogens is 889 g/mol. The summed E-state index contributed by atoms with van der Waals surface area (Å²) in [6, 6.07) is 0. The topological polar surface area (TPSA) is 78.9 Å². The first kappa shape index (κ1) is 68.8. The Labute approximate surface area is 446 Å². The van der Waals surface area contributed by atoms with Crippen molar-refractivity contribution in [1.29, 1.82) is 0 Å².